The van der Waals surface area contributed by atoms with E-state index in [0.717, 1.165) is 37.4 Å². The fourth-order valence-corrected chi connectivity index (χ4v) is 2.66. The summed E-state index contributed by atoms with van der Waals surface area (Å²) >= 11 is 0. The van der Waals surface area contributed by atoms with E-state index in [2.05, 4.69) is 65.3 Å². The van der Waals surface area contributed by atoms with Gasteiger partial charge in [0.05, 0.1) is 11.0 Å². The third kappa shape index (κ3) is 3.14. The lowest BCUT2D eigenvalue weighted by atomic mass is 10.2. The number of aromatic nitrogens is 2. The average molecular weight is 279 g/mol. The van der Waals surface area contributed by atoms with E-state index in [1.54, 1.807) is 0 Å². The number of rotatable bonds is 6. The van der Waals surface area contributed by atoms with Crippen molar-refractivity contribution < 1.29 is 0 Å². The Morgan fingerprint density at radius 3 is 2.57 bits per heavy atom. The van der Waals surface area contributed by atoms with Crippen molar-refractivity contribution in [3.05, 3.63) is 66.0 Å². The molecule has 108 valence electrons. The van der Waals surface area contributed by atoms with Gasteiger partial charge in [-0.3, -0.25) is 0 Å². The highest BCUT2D eigenvalue weighted by molar-refractivity contribution is 5.75. The van der Waals surface area contributed by atoms with E-state index in [1.807, 2.05) is 6.07 Å². The van der Waals surface area contributed by atoms with Crippen molar-refractivity contribution in [1.29, 1.82) is 0 Å². The topological polar surface area (TPSA) is 29.9 Å². The molecule has 1 aromatic heterocycles. The lowest BCUT2D eigenvalue weighted by Gasteiger charge is -2.09. The summed E-state index contributed by atoms with van der Waals surface area (Å²) < 4.78 is 2.33. The minimum absolute atomic E-state index is 0.912. The predicted molar refractivity (Wildman–Crippen MR) is 87.3 cm³/mol. The van der Waals surface area contributed by atoms with Crippen LogP contribution in [-0.4, -0.2) is 16.1 Å². The number of imidazole rings is 1. The Morgan fingerprint density at radius 1 is 1.00 bits per heavy atom. The van der Waals surface area contributed by atoms with Gasteiger partial charge in [0.1, 0.15) is 5.82 Å². The number of aryl methyl sites for hydroxylation is 1. The lowest BCUT2D eigenvalue weighted by molar-refractivity contribution is 0.591. The van der Waals surface area contributed by atoms with Crippen LogP contribution in [0.4, 0.5) is 0 Å². The number of benzene rings is 2. The van der Waals surface area contributed by atoms with Crippen LogP contribution in [0.15, 0.2) is 54.6 Å². The van der Waals surface area contributed by atoms with Crippen LogP contribution in [0.3, 0.4) is 0 Å². The first-order valence-electron chi connectivity index (χ1n) is 7.57. The van der Waals surface area contributed by atoms with Crippen molar-refractivity contribution in [3.63, 3.8) is 0 Å². The third-order valence-electron chi connectivity index (χ3n) is 3.73. The number of hydrogen-bond acceptors (Lipinski definition) is 2. The van der Waals surface area contributed by atoms with Crippen molar-refractivity contribution in [2.24, 2.45) is 0 Å². The van der Waals surface area contributed by atoms with Crippen LogP contribution in [0.5, 0.6) is 0 Å². The molecule has 0 bridgehead atoms. The minimum Gasteiger partial charge on any atom is -0.327 e. The molecule has 0 saturated carbocycles. The Bertz CT molecular complexity index is 701. The molecule has 0 radical (unpaired) electrons. The maximum atomic E-state index is 4.70. The summed E-state index contributed by atoms with van der Waals surface area (Å²) in [5.41, 5.74) is 3.65. The Labute approximate surface area is 125 Å². The van der Waals surface area contributed by atoms with Gasteiger partial charge in [-0.05, 0) is 17.7 Å². The average Bonchev–Trinajstić information content (AvgIpc) is 2.90. The van der Waals surface area contributed by atoms with Gasteiger partial charge < -0.3 is 9.88 Å². The molecule has 3 heteroatoms. The molecule has 21 heavy (non-hydrogen) atoms. The Morgan fingerprint density at radius 2 is 1.76 bits per heavy atom. The monoisotopic (exact) mass is 279 g/mol. The molecule has 2 aromatic carbocycles. The summed E-state index contributed by atoms with van der Waals surface area (Å²) in [5.74, 6) is 1.16. The van der Waals surface area contributed by atoms with Crippen molar-refractivity contribution in [1.82, 2.24) is 14.9 Å². The summed E-state index contributed by atoms with van der Waals surface area (Å²) in [5, 5.41) is 3.51. The molecule has 1 N–H and O–H groups in total. The molecule has 0 aliphatic rings. The fourth-order valence-electron chi connectivity index (χ4n) is 2.66. The number of hydrogen-bond donors (Lipinski definition) is 1. The van der Waals surface area contributed by atoms with Crippen molar-refractivity contribution in [3.8, 4) is 0 Å². The standard InChI is InChI=1S/C18H21N3/c1-2-18-20-16-10-6-7-11-17(16)21(18)13-12-19-14-15-8-4-3-5-9-15/h3-11,19H,2,12-14H2,1H3. The van der Waals surface area contributed by atoms with Crippen LogP contribution >= 0.6 is 0 Å². The Hall–Kier alpha value is -2.13. The summed E-state index contributed by atoms with van der Waals surface area (Å²) in [7, 11) is 0. The molecule has 0 fully saturated rings. The maximum Gasteiger partial charge on any atom is 0.109 e. The van der Waals surface area contributed by atoms with E-state index in [1.165, 1.54) is 11.1 Å². The van der Waals surface area contributed by atoms with Gasteiger partial charge in [-0.2, -0.15) is 0 Å². The molecule has 0 spiro atoms. The van der Waals surface area contributed by atoms with E-state index >= 15 is 0 Å². The van der Waals surface area contributed by atoms with Crippen LogP contribution in [0.25, 0.3) is 11.0 Å². The van der Waals surface area contributed by atoms with Gasteiger partial charge in [0.2, 0.25) is 0 Å². The van der Waals surface area contributed by atoms with Crippen LogP contribution < -0.4 is 5.32 Å². The summed E-state index contributed by atoms with van der Waals surface area (Å²) in [6.07, 6.45) is 0.966. The largest absolute Gasteiger partial charge is 0.327 e. The summed E-state index contributed by atoms with van der Waals surface area (Å²) in [4.78, 5) is 4.70. The molecule has 3 aromatic rings. The van der Waals surface area contributed by atoms with E-state index in [-0.39, 0.29) is 0 Å². The Balaban J connectivity index is 1.65. The quantitative estimate of drug-likeness (QED) is 0.701. The van der Waals surface area contributed by atoms with Crippen molar-refractivity contribution >= 4 is 11.0 Å². The van der Waals surface area contributed by atoms with Crippen LogP contribution in [0, 0.1) is 0 Å². The van der Waals surface area contributed by atoms with Gasteiger partial charge in [-0.1, -0.05) is 49.4 Å². The zero-order valence-electron chi connectivity index (χ0n) is 12.4. The molecule has 0 unspecified atom stereocenters. The Kier molecular flexibility index (Phi) is 4.31. The smallest absolute Gasteiger partial charge is 0.109 e. The van der Waals surface area contributed by atoms with Gasteiger partial charge in [-0.25, -0.2) is 4.98 Å². The minimum atomic E-state index is 0.912. The molecule has 0 amide bonds. The summed E-state index contributed by atoms with van der Waals surface area (Å²) in [6, 6.07) is 18.9. The number of fused-ring (bicyclic) bond motifs is 1. The van der Waals surface area contributed by atoms with Gasteiger partial charge in [-0.15, -0.1) is 0 Å². The molecule has 1 heterocycles. The first-order chi connectivity index (χ1) is 10.4. The highest BCUT2D eigenvalue weighted by Gasteiger charge is 2.07. The predicted octanol–water partition coefficient (Wildman–Crippen LogP) is 3.39. The second-order valence-electron chi connectivity index (χ2n) is 5.18. The van der Waals surface area contributed by atoms with Crippen molar-refractivity contribution in [2.45, 2.75) is 26.4 Å². The second kappa shape index (κ2) is 6.55. The van der Waals surface area contributed by atoms with Crippen LogP contribution in [-0.2, 0) is 19.5 Å². The zero-order valence-corrected chi connectivity index (χ0v) is 12.4. The SMILES string of the molecule is CCc1nc2ccccc2n1CCNCc1ccccc1. The molecular weight excluding hydrogens is 258 g/mol. The van der Waals surface area contributed by atoms with E-state index < -0.39 is 0 Å². The van der Waals surface area contributed by atoms with E-state index in [9.17, 15) is 0 Å². The lowest BCUT2D eigenvalue weighted by Crippen LogP contribution is -2.20. The van der Waals surface area contributed by atoms with Crippen LogP contribution in [0.2, 0.25) is 0 Å². The van der Waals surface area contributed by atoms with Crippen molar-refractivity contribution in [2.75, 3.05) is 6.54 Å². The molecule has 0 aliphatic carbocycles. The number of para-hydroxylation sites is 2. The molecular formula is C18H21N3. The third-order valence-corrected chi connectivity index (χ3v) is 3.73. The van der Waals surface area contributed by atoms with Gasteiger partial charge in [0, 0.05) is 26.1 Å². The molecule has 3 nitrogen and oxygen atoms in total. The van der Waals surface area contributed by atoms with E-state index in [4.69, 9.17) is 4.98 Å². The van der Waals surface area contributed by atoms with E-state index in [0.29, 0.717) is 0 Å². The number of nitrogens with one attached hydrogen (secondary N) is 1. The highest BCUT2D eigenvalue weighted by Crippen LogP contribution is 2.16. The molecule has 0 atom stereocenters. The number of nitrogens with zero attached hydrogens (tertiary/aromatic N) is 2. The first-order valence-corrected chi connectivity index (χ1v) is 7.57. The fraction of sp³-hybridized carbons (Fsp3) is 0.278. The first kappa shape index (κ1) is 13.8. The zero-order chi connectivity index (χ0) is 14.5. The normalized spacial score (nSPS) is 11.1. The highest BCUT2D eigenvalue weighted by atomic mass is 15.1. The van der Waals surface area contributed by atoms with Gasteiger partial charge >= 0.3 is 0 Å². The molecule has 0 aliphatic heterocycles. The van der Waals surface area contributed by atoms with Crippen LogP contribution in [0.1, 0.15) is 18.3 Å². The molecule has 3 rings (SSSR count). The summed E-state index contributed by atoms with van der Waals surface area (Å²) in [6.45, 7) is 4.98. The second-order valence-corrected chi connectivity index (χ2v) is 5.18. The van der Waals surface area contributed by atoms with Gasteiger partial charge in [0.25, 0.3) is 0 Å². The maximum absolute atomic E-state index is 4.70. The van der Waals surface area contributed by atoms with Gasteiger partial charge in [0.15, 0.2) is 0 Å². The molecule has 0 saturated heterocycles.